The van der Waals surface area contributed by atoms with Gasteiger partial charge in [0.25, 0.3) is 0 Å². The first-order valence-corrected chi connectivity index (χ1v) is 6.86. The van der Waals surface area contributed by atoms with Gasteiger partial charge in [-0.25, -0.2) is 0 Å². The zero-order chi connectivity index (χ0) is 14.5. The number of carbonyl (C=O) groups excluding carboxylic acids is 2. The SMILES string of the molecule is CC(C)[C@H](N)C(=O)NCC(=O)NCC1(O)CCCC1. The second-order valence-electron chi connectivity index (χ2n) is 5.70. The molecule has 0 spiro atoms. The summed E-state index contributed by atoms with van der Waals surface area (Å²) in [5, 5.41) is 15.2. The van der Waals surface area contributed by atoms with Gasteiger partial charge in [-0.05, 0) is 18.8 Å². The molecule has 1 rings (SSSR count). The molecule has 110 valence electrons. The van der Waals surface area contributed by atoms with E-state index >= 15 is 0 Å². The lowest BCUT2D eigenvalue weighted by Crippen LogP contribution is -2.49. The van der Waals surface area contributed by atoms with Crippen molar-refractivity contribution in [3.8, 4) is 0 Å². The Morgan fingerprint density at radius 3 is 2.37 bits per heavy atom. The number of carbonyl (C=O) groups is 2. The van der Waals surface area contributed by atoms with Crippen LogP contribution < -0.4 is 16.4 Å². The average molecular weight is 271 g/mol. The molecule has 6 heteroatoms. The van der Waals surface area contributed by atoms with Gasteiger partial charge >= 0.3 is 0 Å². The van der Waals surface area contributed by atoms with Crippen LogP contribution in [0.4, 0.5) is 0 Å². The third-order valence-electron chi connectivity index (χ3n) is 3.59. The van der Waals surface area contributed by atoms with Crippen LogP contribution in [0.25, 0.3) is 0 Å². The first kappa shape index (κ1) is 15.9. The van der Waals surface area contributed by atoms with E-state index < -0.39 is 11.6 Å². The van der Waals surface area contributed by atoms with Crippen LogP contribution >= 0.6 is 0 Å². The second-order valence-corrected chi connectivity index (χ2v) is 5.70. The number of hydrogen-bond donors (Lipinski definition) is 4. The molecular formula is C13H25N3O3. The summed E-state index contributed by atoms with van der Waals surface area (Å²) in [6.45, 7) is 3.84. The van der Waals surface area contributed by atoms with Gasteiger partial charge in [0.1, 0.15) is 0 Å². The summed E-state index contributed by atoms with van der Waals surface area (Å²) in [6, 6.07) is -0.605. The molecule has 5 N–H and O–H groups in total. The van der Waals surface area contributed by atoms with Crippen LogP contribution in [-0.4, -0.2) is 41.7 Å². The molecule has 0 aliphatic heterocycles. The van der Waals surface area contributed by atoms with E-state index in [1.807, 2.05) is 13.8 Å². The standard InChI is InChI=1S/C13H25N3O3/c1-9(2)11(14)12(18)15-7-10(17)16-8-13(19)5-3-4-6-13/h9,11,19H,3-8,14H2,1-2H3,(H,15,18)(H,16,17)/t11-/m0/s1. The summed E-state index contributed by atoms with van der Waals surface area (Å²) >= 11 is 0. The molecule has 0 heterocycles. The largest absolute Gasteiger partial charge is 0.388 e. The number of hydrogen-bond acceptors (Lipinski definition) is 4. The van der Waals surface area contributed by atoms with Crippen molar-refractivity contribution in [2.24, 2.45) is 11.7 Å². The van der Waals surface area contributed by atoms with Gasteiger partial charge in [-0.3, -0.25) is 9.59 Å². The number of nitrogens with one attached hydrogen (secondary N) is 2. The molecule has 0 aromatic rings. The van der Waals surface area contributed by atoms with Crippen LogP contribution in [0, 0.1) is 5.92 Å². The quantitative estimate of drug-likeness (QED) is 0.523. The molecule has 1 atom stereocenters. The second kappa shape index (κ2) is 6.86. The van der Waals surface area contributed by atoms with Crippen molar-refractivity contribution in [3.05, 3.63) is 0 Å². The maximum Gasteiger partial charge on any atom is 0.239 e. The molecule has 0 unspecified atom stereocenters. The first-order chi connectivity index (χ1) is 8.84. The summed E-state index contributed by atoms with van der Waals surface area (Å²) in [4.78, 5) is 23.1. The van der Waals surface area contributed by atoms with Crippen molar-refractivity contribution >= 4 is 11.8 Å². The maximum atomic E-state index is 11.6. The lowest BCUT2D eigenvalue weighted by Gasteiger charge is -2.22. The fourth-order valence-electron chi connectivity index (χ4n) is 2.12. The molecule has 19 heavy (non-hydrogen) atoms. The van der Waals surface area contributed by atoms with Crippen LogP contribution in [0.2, 0.25) is 0 Å². The Bertz CT molecular complexity index is 325. The van der Waals surface area contributed by atoms with Crippen molar-refractivity contribution in [1.29, 1.82) is 0 Å². The predicted octanol–water partition coefficient (Wildman–Crippen LogP) is -0.493. The Hall–Kier alpha value is -1.14. The Kier molecular flexibility index (Phi) is 5.75. The Labute approximate surface area is 114 Å². The molecule has 0 radical (unpaired) electrons. The normalized spacial score (nSPS) is 19.2. The van der Waals surface area contributed by atoms with Gasteiger partial charge in [0, 0.05) is 6.54 Å². The monoisotopic (exact) mass is 271 g/mol. The van der Waals surface area contributed by atoms with E-state index in [2.05, 4.69) is 10.6 Å². The molecule has 1 fully saturated rings. The van der Waals surface area contributed by atoms with E-state index in [1.165, 1.54) is 0 Å². The number of amides is 2. The van der Waals surface area contributed by atoms with Gasteiger partial charge in [0.2, 0.25) is 11.8 Å². The number of rotatable bonds is 6. The van der Waals surface area contributed by atoms with Crippen molar-refractivity contribution in [2.45, 2.75) is 51.2 Å². The molecule has 0 saturated heterocycles. The minimum Gasteiger partial charge on any atom is -0.388 e. The fraction of sp³-hybridized carbons (Fsp3) is 0.846. The highest BCUT2D eigenvalue weighted by atomic mass is 16.3. The van der Waals surface area contributed by atoms with Gasteiger partial charge in [0.05, 0.1) is 18.2 Å². The van der Waals surface area contributed by atoms with E-state index in [9.17, 15) is 14.7 Å². The van der Waals surface area contributed by atoms with Gasteiger partial charge in [0.15, 0.2) is 0 Å². The molecular weight excluding hydrogens is 246 g/mol. The van der Waals surface area contributed by atoms with E-state index in [1.54, 1.807) is 0 Å². The lowest BCUT2D eigenvalue weighted by molar-refractivity contribution is -0.127. The van der Waals surface area contributed by atoms with Gasteiger partial charge in [-0.1, -0.05) is 26.7 Å². The third-order valence-corrected chi connectivity index (χ3v) is 3.59. The molecule has 0 bridgehead atoms. The zero-order valence-corrected chi connectivity index (χ0v) is 11.7. The Balaban J connectivity index is 2.23. The summed E-state index contributed by atoms with van der Waals surface area (Å²) in [5.41, 5.74) is 4.89. The van der Waals surface area contributed by atoms with Crippen LogP contribution in [0.3, 0.4) is 0 Å². The molecule has 0 aromatic heterocycles. The highest BCUT2D eigenvalue weighted by Gasteiger charge is 2.31. The summed E-state index contributed by atoms with van der Waals surface area (Å²) in [6.07, 6.45) is 3.43. The topological polar surface area (TPSA) is 104 Å². The smallest absolute Gasteiger partial charge is 0.239 e. The number of aliphatic hydroxyl groups is 1. The van der Waals surface area contributed by atoms with Crippen molar-refractivity contribution in [2.75, 3.05) is 13.1 Å². The van der Waals surface area contributed by atoms with E-state index in [-0.39, 0.29) is 30.8 Å². The summed E-state index contributed by atoms with van der Waals surface area (Å²) in [7, 11) is 0. The third kappa shape index (κ3) is 5.16. The molecule has 0 aromatic carbocycles. The van der Waals surface area contributed by atoms with Gasteiger partial charge < -0.3 is 21.5 Å². The van der Waals surface area contributed by atoms with E-state index in [0.717, 1.165) is 25.7 Å². The maximum absolute atomic E-state index is 11.6. The minimum atomic E-state index is -0.770. The fourth-order valence-corrected chi connectivity index (χ4v) is 2.12. The first-order valence-electron chi connectivity index (χ1n) is 6.86. The van der Waals surface area contributed by atoms with Crippen LogP contribution in [0.5, 0.6) is 0 Å². The summed E-state index contributed by atoms with van der Waals surface area (Å²) in [5.74, 6) is -0.600. The van der Waals surface area contributed by atoms with E-state index in [4.69, 9.17) is 5.73 Å². The molecule has 1 saturated carbocycles. The lowest BCUT2D eigenvalue weighted by atomic mass is 10.0. The Morgan fingerprint density at radius 1 is 1.26 bits per heavy atom. The molecule has 6 nitrogen and oxygen atoms in total. The molecule has 1 aliphatic carbocycles. The highest BCUT2D eigenvalue weighted by molar-refractivity contribution is 5.87. The van der Waals surface area contributed by atoms with E-state index in [0.29, 0.717) is 0 Å². The predicted molar refractivity (Wildman–Crippen MR) is 72.3 cm³/mol. The van der Waals surface area contributed by atoms with Gasteiger partial charge in [-0.2, -0.15) is 0 Å². The van der Waals surface area contributed by atoms with Crippen molar-refractivity contribution in [3.63, 3.8) is 0 Å². The zero-order valence-electron chi connectivity index (χ0n) is 11.7. The molecule has 1 aliphatic rings. The van der Waals surface area contributed by atoms with Crippen molar-refractivity contribution in [1.82, 2.24) is 10.6 Å². The molecule has 2 amide bonds. The summed E-state index contributed by atoms with van der Waals surface area (Å²) < 4.78 is 0. The minimum absolute atomic E-state index is 0.0299. The van der Waals surface area contributed by atoms with Crippen LogP contribution in [0.15, 0.2) is 0 Å². The van der Waals surface area contributed by atoms with Crippen LogP contribution in [0.1, 0.15) is 39.5 Å². The highest BCUT2D eigenvalue weighted by Crippen LogP contribution is 2.28. The average Bonchev–Trinajstić information content (AvgIpc) is 2.80. The number of nitrogens with two attached hydrogens (primary N) is 1. The van der Waals surface area contributed by atoms with Crippen LogP contribution in [-0.2, 0) is 9.59 Å². The Morgan fingerprint density at radius 2 is 1.84 bits per heavy atom. The van der Waals surface area contributed by atoms with Crippen molar-refractivity contribution < 1.29 is 14.7 Å². The van der Waals surface area contributed by atoms with Gasteiger partial charge in [-0.15, -0.1) is 0 Å².